The zero-order chi connectivity index (χ0) is 25.2. The fourth-order valence-corrected chi connectivity index (χ4v) is 4.16. The number of aryl methyl sites for hydroxylation is 1. The van der Waals surface area contributed by atoms with E-state index in [1.165, 1.54) is 12.1 Å². The normalized spacial score (nSPS) is 14.5. The topological polar surface area (TPSA) is 83.4 Å². The smallest absolute Gasteiger partial charge is 0.329 e. The molecule has 1 aliphatic heterocycles. The third-order valence-corrected chi connectivity index (χ3v) is 5.98. The Balaban J connectivity index is 1.36. The number of hydrogen-bond donors (Lipinski definition) is 2. The molecule has 4 amide bonds. The van der Waals surface area contributed by atoms with Gasteiger partial charge in [-0.15, -0.1) is 0 Å². The van der Waals surface area contributed by atoms with Crippen LogP contribution in [-0.4, -0.2) is 33.9 Å². The highest BCUT2D eigenvalue weighted by molar-refractivity contribution is 6.16. The first-order valence-electron chi connectivity index (χ1n) is 11.4. The molecule has 1 aliphatic rings. The third kappa shape index (κ3) is 4.74. The maximum absolute atomic E-state index is 13.3. The Labute approximate surface area is 206 Å². The van der Waals surface area contributed by atoms with Crippen molar-refractivity contribution in [3.8, 4) is 0 Å². The monoisotopic (exact) mass is 482 g/mol. The molecule has 7 nitrogen and oxygen atoms in total. The van der Waals surface area contributed by atoms with Gasteiger partial charge in [-0.05, 0) is 48.9 Å². The van der Waals surface area contributed by atoms with Crippen LogP contribution in [0.25, 0.3) is 17.0 Å². The number of fused-ring (bicyclic) bond motifs is 1. The van der Waals surface area contributed by atoms with Gasteiger partial charge in [0.2, 0.25) is 5.91 Å². The van der Waals surface area contributed by atoms with E-state index in [9.17, 15) is 18.8 Å². The van der Waals surface area contributed by atoms with Gasteiger partial charge < -0.3 is 15.2 Å². The summed E-state index contributed by atoms with van der Waals surface area (Å²) >= 11 is 0. The molecule has 1 saturated heterocycles. The van der Waals surface area contributed by atoms with Gasteiger partial charge in [-0.3, -0.25) is 9.59 Å². The third-order valence-electron chi connectivity index (χ3n) is 5.98. The second-order valence-corrected chi connectivity index (χ2v) is 8.65. The molecule has 3 aromatic carbocycles. The van der Waals surface area contributed by atoms with E-state index in [4.69, 9.17) is 0 Å². The summed E-state index contributed by atoms with van der Waals surface area (Å²) < 4.78 is 15.3. The van der Waals surface area contributed by atoms with Gasteiger partial charge in [-0.25, -0.2) is 14.1 Å². The highest BCUT2D eigenvalue weighted by Gasteiger charge is 2.35. The number of carbonyl (C=O) groups excluding carboxylic acids is 3. The summed E-state index contributed by atoms with van der Waals surface area (Å²) in [6, 6.07) is 20.5. The minimum absolute atomic E-state index is 0.0906. The van der Waals surface area contributed by atoms with Crippen molar-refractivity contribution < 1.29 is 18.8 Å². The molecule has 5 rings (SSSR count). The molecule has 1 fully saturated rings. The van der Waals surface area contributed by atoms with Crippen LogP contribution in [0.4, 0.5) is 14.9 Å². The molecule has 2 heterocycles. The molecule has 0 radical (unpaired) electrons. The number of anilines is 1. The number of nitrogens with one attached hydrogen (secondary N) is 2. The van der Waals surface area contributed by atoms with E-state index in [0.29, 0.717) is 12.2 Å². The van der Waals surface area contributed by atoms with Gasteiger partial charge in [0.1, 0.15) is 18.1 Å². The lowest BCUT2D eigenvalue weighted by Crippen LogP contribution is -2.38. The lowest BCUT2D eigenvalue weighted by Gasteiger charge is -2.12. The van der Waals surface area contributed by atoms with E-state index in [0.717, 1.165) is 32.5 Å². The summed E-state index contributed by atoms with van der Waals surface area (Å²) in [4.78, 5) is 38.8. The Morgan fingerprint density at radius 1 is 1.00 bits per heavy atom. The molecule has 36 heavy (non-hydrogen) atoms. The number of hydrogen-bond acceptors (Lipinski definition) is 3. The van der Waals surface area contributed by atoms with Crippen molar-refractivity contribution in [2.24, 2.45) is 0 Å². The lowest BCUT2D eigenvalue weighted by atomic mass is 10.1. The Bertz CT molecular complexity index is 1500. The number of benzene rings is 3. The highest BCUT2D eigenvalue weighted by atomic mass is 19.1. The number of halogens is 1. The molecule has 0 atom stereocenters. The van der Waals surface area contributed by atoms with E-state index < -0.39 is 24.4 Å². The van der Waals surface area contributed by atoms with Gasteiger partial charge in [-0.1, -0.05) is 48.0 Å². The molecule has 0 aliphatic carbocycles. The highest BCUT2D eigenvalue weighted by Crippen LogP contribution is 2.25. The molecule has 0 spiro atoms. The molecule has 4 aromatic rings. The average Bonchev–Trinajstić information content (AvgIpc) is 3.34. The summed E-state index contributed by atoms with van der Waals surface area (Å²) in [5.41, 5.74) is 4.32. The van der Waals surface area contributed by atoms with Crippen LogP contribution in [0.15, 0.2) is 84.7 Å². The van der Waals surface area contributed by atoms with Crippen molar-refractivity contribution in [3.05, 3.63) is 107 Å². The Kier molecular flexibility index (Phi) is 6.08. The molecule has 0 bridgehead atoms. The standard InChI is InChI=1S/C28H23FN4O3/c1-18-6-12-22(13-7-18)30-26(34)17-33-27(35)24(31-28(33)36)14-20-16-32(25-5-3-2-4-23(20)25)15-19-8-10-21(29)11-9-19/h2-14,16H,15,17H2,1H3,(H,30,34)(H,31,36)/b24-14+. The minimum Gasteiger partial charge on any atom is -0.342 e. The second-order valence-electron chi connectivity index (χ2n) is 8.65. The summed E-state index contributed by atoms with van der Waals surface area (Å²) in [7, 11) is 0. The zero-order valence-electron chi connectivity index (χ0n) is 19.5. The average molecular weight is 483 g/mol. The number of aromatic nitrogens is 1. The van der Waals surface area contributed by atoms with Crippen LogP contribution in [-0.2, 0) is 16.1 Å². The molecular formula is C28H23FN4O3. The number of rotatable bonds is 6. The van der Waals surface area contributed by atoms with E-state index >= 15 is 0 Å². The summed E-state index contributed by atoms with van der Waals surface area (Å²) in [5, 5.41) is 6.17. The van der Waals surface area contributed by atoms with Gasteiger partial charge in [0.25, 0.3) is 5.91 Å². The first-order chi connectivity index (χ1) is 17.4. The Morgan fingerprint density at radius 2 is 1.72 bits per heavy atom. The maximum Gasteiger partial charge on any atom is 0.329 e. The number of urea groups is 1. The van der Waals surface area contributed by atoms with E-state index in [1.54, 1.807) is 30.3 Å². The number of para-hydroxylation sites is 1. The molecule has 8 heteroatoms. The number of amides is 4. The van der Waals surface area contributed by atoms with Gasteiger partial charge in [0, 0.05) is 34.9 Å². The van der Waals surface area contributed by atoms with Gasteiger partial charge in [-0.2, -0.15) is 0 Å². The van der Waals surface area contributed by atoms with Gasteiger partial charge in [0.05, 0.1) is 0 Å². The SMILES string of the molecule is Cc1ccc(NC(=O)CN2C(=O)N/C(=C/c3cn(Cc4ccc(F)cc4)c4ccccc34)C2=O)cc1. The van der Waals surface area contributed by atoms with Crippen molar-refractivity contribution in [3.63, 3.8) is 0 Å². The minimum atomic E-state index is -0.652. The van der Waals surface area contributed by atoms with Crippen molar-refractivity contribution in [2.75, 3.05) is 11.9 Å². The van der Waals surface area contributed by atoms with Crippen LogP contribution < -0.4 is 10.6 Å². The number of carbonyl (C=O) groups is 3. The van der Waals surface area contributed by atoms with E-state index in [1.807, 2.05) is 54.1 Å². The molecule has 2 N–H and O–H groups in total. The predicted molar refractivity (Wildman–Crippen MR) is 135 cm³/mol. The fourth-order valence-electron chi connectivity index (χ4n) is 4.16. The first-order valence-corrected chi connectivity index (χ1v) is 11.4. The summed E-state index contributed by atoms with van der Waals surface area (Å²) in [6.07, 6.45) is 3.49. The van der Waals surface area contributed by atoms with Crippen molar-refractivity contribution in [2.45, 2.75) is 13.5 Å². The number of imide groups is 1. The van der Waals surface area contributed by atoms with E-state index in [-0.39, 0.29) is 11.5 Å². The quantitative estimate of drug-likeness (QED) is 0.310. The molecule has 1 aromatic heterocycles. The Hall–Kier alpha value is -4.72. The van der Waals surface area contributed by atoms with Crippen LogP contribution in [0.2, 0.25) is 0 Å². The maximum atomic E-state index is 13.3. The van der Waals surface area contributed by atoms with Crippen LogP contribution in [0.1, 0.15) is 16.7 Å². The first kappa shape index (κ1) is 23.0. The van der Waals surface area contributed by atoms with Gasteiger partial charge >= 0.3 is 6.03 Å². The molecule has 0 saturated carbocycles. The second kappa shape index (κ2) is 9.50. The zero-order valence-corrected chi connectivity index (χ0v) is 19.5. The van der Waals surface area contributed by atoms with Crippen LogP contribution in [0.5, 0.6) is 0 Å². The predicted octanol–water partition coefficient (Wildman–Crippen LogP) is 4.67. The largest absolute Gasteiger partial charge is 0.342 e. The van der Waals surface area contributed by atoms with Crippen molar-refractivity contribution in [1.29, 1.82) is 0 Å². The number of nitrogens with zero attached hydrogens (tertiary/aromatic N) is 2. The molecular weight excluding hydrogens is 459 g/mol. The van der Waals surface area contributed by atoms with Crippen LogP contribution in [0, 0.1) is 12.7 Å². The van der Waals surface area contributed by atoms with Crippen molar-refractivity contribution in [1.82, 2.24) is 14.8 Å². The summed E-state index contributed by atoms with van der Waals surface area (Å²) in [5.74, 6) is -1.34. The van der Waals surface area contributed by atoms with E-state index in [2.05, 4.69) is 10.6 Å². The molecule has 180 valence electrons. The fraction of sp³-hybridized carbons (Fsp3) is 0.107. The summed E-state index contributed by atoms with van der Waals surface area (Å²) in [6.45, 7) is 2.05. The Morgan fingerprint density at radius 3 is 2.47 bits per heavy atom. The lowest BCUT2D eigenvalue weighted by molar-refractivity contribution is -0.127. The van der Waals surface area contributed by atoms with Gasteiger partial charge in [0.15, 0.2) is 0 Å². The van der Waals surface area contributed by atoms with Crippen molar-refractivity contribution >= 4 is 40.5 Å². The molecule has 0 unspecified atom stereocenters. The van der Waals surface area contributed by atoms with Crippen LogP contribution >= 0.6 is 0 Å². The van der Waals surface area contributed by atoms with Crippen LogP contribution in [0.3, 0.4) is 0 Å².